The van der Waals surface area contributed by atoms with Gasteiger partial charge in [-0.05, 0) is 17.5 Å². The molecule has 2 heterocycles. The Bertz CT molecular complexity index is 809. The van der Waals surface area contributed by atoms with Gasteiger partial charge in [0.25, 0.3) is 0 Å². The van der Waals surface area contributed by atoms with Crippen molar-refractivity contribution < 1.29 is 0 Å². The third-order valence-corrected chi connectivity index (χ3v) is 3.34. The molecule has 0 spiro atoms. The minimum atomic E-state index is 0.355. The second-order valence-electron chi connectivity index (χ2n) is 4.24. The molecule has 1 aliphatic rings. The molecular weight excluding hydrogens is 210 g/mol. The average molecular weight is 219 g/mol. The van der Waals surface area contributed by atoms with Gasteiger partial charge in [-0.3, -0.25) is 5.41 Å². The van der Waals surface area contributed by atoms with Gasteiger partial charge in [0, 0.05) is 34.3 Å². The van der Waals surface area contributed by atoms with Gasteiger partial charge >= 0.3 is 0 Å². The molecule has 80 valence electrons. The molecule has 2 aromatic carbocycles. The maximum Gasteiger partial charge on any atom is 0.152 e. The third-order valence-electron chi connectivity index (χ3n) is 3.34. The summed E-state index contributed by atoms with van der Waals surface area (Å²) in [6.07, 6.45) is 3.74. The summed E-state index contributed by atoms with van der Waals surface area (Å²) in [4.78, 5) is 7.34. The van der Waals surface area contributed by atoms with Gasteiger partial charge in [-0.2, -0.15) is 0 Å². The lowest BCUT2D eigenvalue weighted by molar-refractivity contribution is 1.45. The Morgan fingerprint density at radius 3 is 2.82 bits per heavy atom. The Morgan fingerprint density at radius 2 is 1.88 bits per heavy atom. The van der Waals surface area contributed by atoms with E-state index >= 15 is 0 Å². The number of nitrogens with one attached hydrogen (secondary N) is 2. The van der Waals surface area contributed by atoms with Gasteiger partial charge in [0.1, 0.15) is 0 Å². The number of rotatable bonds is 0. The molecule has 4 rings (SSSR count). The fourth-order valence-electron chi connectivity index (χ4n) is 2.50. The molecule has 3 aromatic rings. The molecule has 0 bridgehead atoms. The van der Waals surface area contributed by atoms with E-state index in [9.17, 15) is 0 Å². The number of fused-ring (bicyclic) bond motifs is 5. The van der Waals surface area contributed by atoms with Crippen LogP contribution in [-0.4, -0.2) is 17.0 Å². The fourth-order valence-corrected chi connectivity index (χ4v) is 2.50. The van der Waals surface area contributed by atoms with Crippen LogP contribution in [0.15, 0.2) is 41.5 Å². The van der Waals surface area contributed by atoms with Crippen LogP contribution in [0.1, 0.15) is 11.1 Å². The highest BCUT2D eigenvalue weighted by Crippen LogP contribution is 2.29. The molecule has 3 heteroatoms. The van der Waals surface area contributed by atoms with Gasteiger partial charge in [-0.25, -0.2) is 4.99 Å². The summed E-state index contributed by atoms with van der Waals surface area (Å²) >= 11 is 0. The normalized spacial score (nSPS) is 13.8. The monoisotopic (exact) mass is 219 g/mol. The zero-order chi connectivity index (χ0) is 11.4. The van der Waals surface area contributed by atoms with E-state index in [1.165, 1.54) is 10.8 Å². The van der Waals surface area contributed by atoms with Gasteiger partial charge in [0.05, 0.1) is 5.52 Å². The zero-order valence-electron chi connectivity index (χ0n) is 8.99. The summed E-state index contributed by atoms with van der Waals surface area (Å²) in [5.74, 6) is 0.355. The second kappa shape index (κ2) is 2.83. The van der Waals surface area contributed by atoms with Crippen molar-refractivity contribution in [2.75, 3.05) is 0 Å². The quantitative estimate of drug-likeness (QED) is 0.584. The van der Waals surface area contributed by atoms with Gasteiger partial charge < -0.3 is 4.98 Å². The molecule has 0 unspecified atom stereocenters. The molecule has 1 aliphatic heterocycles. The van der Waals surface area contributed by atoms with Crippen LogP contribution >= 0.6 is 0 Å². The largest absolute Gasteiger partial charge is 0.361 e. The lowest BCUT2D eigenvalue weighted by Gasteiger charge is -2.04. The van der Waals surface area contributed by atoms with Crippen LogP contribution in [0, 0.1) is 5.41 Å². The molecule has 2 N–H and O–H groups in total. The number of nitrogens with zero attached hydrogens (tertiary/aromatic N) is 1. The third kappa shape index (κ3) is 1.00. The topological polar surface area (TPSA) is 52.0 Å². The molecule has 0 fully saturated rings. The Balaban J connectivity index is 2.26. The van der Waals surface area contributed by atoms with E-state index in [0.29, 0.717) is 5.84 Å². The van der Waals surface area contributed by atoms with E-state index in [2.05, 4.69) is 34.2 Å². The highest BCUT2D eigenvalue weighted by molar-refractivity contribution is 6.22. The van der Waals surface area contributed by atoms with Crippen molar-refractivity contribution in [1.82, 2.24) is 4.98 Å². The van der Waals surface area contributed by atoms with Crippen molar-refractivity contribution in [3.8, 4) is 0 Å². The van der Waals surface area contributed by atoms with Crippen LogP contribution in [0.4, 0.5) is 0 Å². The van der Waals surface area contributed by atoms with Crippen molar-refractivity contribution in [3.05, 3.63) is 47.7 Å². The minimum absolute atomic E-state index is 0.355. The Kier molecular flexibility index (Phi) is 1.45. The van der Waals surface area contributed by atoms with Crippen molar-refractivity contribution in [1.29, 1.82) is 5.41 Å². The van der Waals surface area contributed by atoms with Gasteiger partial charge in [-0.1, -0.05) is 18.2 Å². The number of hydrogen-bond acceptors (Lipinski definition) is 1. The molecular formula is C14H9N3. The molecule has 0 atom stereocenters. The second-order valence-corrected chi connectivity index (χ2v) is 4.24. The van der Waals surface area contributed by atoms with Crippen LogP contribution in [0.2, 0.25) is 0 Å². The molecule has 0 saturated heterocycles. The molecule has 0 radical (unpaired) electrons. The standard InChI is InChI=1S/C14H9N3/c15-14-11-4-3-10-9(12(11)7-17-14)2-1-8-5-6-16-13(8)10/h1-7,15-16H. The highest BCUT2D eigenvalue weighted by atomic mass is 14.8. The summed E-state index contributed by atoms with van der Waals surface area (Å²) in [5, 5.41) is 11.3. The van der Waals surface area contributed by atoms with E-state index in [0.717, 1.165) is 22.0 Å². The molecule has 0 amide bonds. The maximum atomic E-state index is 7.73. The summed E-state index contributed by atoms with van der Waals surface area (Å²) in [6, 6.07) is 10.3. The van der Waals surface area contributed by atoms with Crippen molar-refractivity contribution in [2.24, 2.45) is 4.99 Å². The SMILES string of the molecule is N=C1N=Cc2c1ccc1c2ccc2cc[nH]c21. The Labute approximate surface area is 97.3 Å². The van der Waals surface area contributed by atoms with E-state index < -0.39 is 0 Å². The van der Waals surface area contributed by atoms with Gasteiger partial charge in [0.2, 0.25) is 0 Å². The van der Waals surface area contributed by atoms with E-state index in [1.54, 1.807) is 6.21 Å². The molecule has 3 nitrogen and oxygen atoms in total. The first-order valence-electron chi connectivity index (χ1n) is 5.50. The maximum absolute atomic E-state index is 7.73. The Morgan fingerprint density at radius 1 is 1.00 bits per heavy atom. The van der Waals surface area contributed by atoms with Crippen LogP contribution in [-0.2, 0) is 0 Å². The number of H-pyrrole nitrogens is 1. The molecule has 0 saturated carbocycles. The summed E-state index contributed by atoms with van der Waals surface area (Å²) in [5.41, 5.74) is 3.13. The molecule has 17 heavy (non-hydrogen) atoms. The highest BCUT2D eigenvalue weighted by Gasteiger charge is 2.15. The summed E-state index contributed by atoms with van der Waals surface area (Å²) < 4.78 is 0. The minimum Gasteiger partial charge on any atom is -0.361 e. The Hall–Kier alpha value is -2.42. The lowest BCUT2D eigenvalue weighted by Crippen LogP contribution is -1.92. The van der Waals surface area contributed by atoms with E-state index in [1.807, 2.05) is 12.3 Å². The predicted molar refractivity (Wildman–Crippen MR) is 70.2 cm³/mol. The summed E-state index contributed by atoms with van der Waals surface area (Å²) in [6.45, 7) is 0. The first-order valence-corrected chi connectivity index (χ1v) is 5.50. The number of hydrogen-bond donors (Lipinski definition) is 2. The number of benzene rings is 2. The number of aromatic nitrogens is 1. The van der Waals surface area contributed by atoms with Gasteiger partial charge in [0.15, 0.2) is 5.84 Å². The molecule has 1 aromatic heterocycles. The number of aliphatic imine (C=N–C) groups is 1. The van der Waals surface area contributed by atoms with Crippen molar-refractivity contribution in [3.63, 3.8) is 0 Å². The molecule has 0 aliphatic carbocycles. The van der Waals surface area contributed by atoms with Crippen LogP contribution in [0.5, 0.6) is 0 Å². The van der Waals surface area contributed by atoms with Crippen LogP contribution in [0.25, 0.3) is 21.7 Å². The lowest BCUT2D eigenvalue weighted by atomic mass is 9.99. The smallest absolute Gasteiger partial charge is 0.152 e. The average Bonchev–Trinajstić information content (AvgIpc) is 2.95. The summed E-state index contributed by atoms with van der Waals surface area (Å²) in [7, 11) is 0. The fraction of sp³-hybridized carbons (Fsp3) is 0. The van der Waals surface area contributed by atoms with Crippen LogP contribution < -0.4 is 0 Å². The van der Waals surface area contributed by atoms with E-state index in [4.69, 9.17) is 5.41 Å². The van der Waals surface area contributed by atoms with Crippen molar-refractivity contribution >= 4 is 33.7 Å². The van der Waals surface area contributed by atoms with Gasteiger partial charge in [-0.15, -0.1) is 0 Å². The van der Waals surface area contributed by atoms with Crippen LogP contribution in [0.3, 0.4) is 0 Å². The zero-order valence-corrected chi connectivity index (χ0v) is 8.99. The predicted octanol–water partition coefficient (Wildman–Crippen LogP) is 3.08. The first-order chi connectivity index (χ1) is 8.34. The number of aromatic amines is 1. The van der Waals surface area contributed by atoms with E-state index in [-0.39, 0.29) is 0 Å². The van der Waals surface area contributed by atoms with Crippen molar-refractivity contribution in [2.45, 2.75) is 0 Å². The first kappa shape index (κ1) is 8.70. The number of amidine groups is 1.